The van der Waals surface area contributed by atoms with Crippen molar-refractivity contribution in [3.05, 3.63) is 42.5 Å². The summed E-state index contributed by atoms with van der Waals surface area (Å²) in [4.78, 5) is 15.0. The van der Waals surface area contributed by atoms with Gasteiger partial charge in [0.15, 0.2) is 0 Å². The Kier molecular flexibility index (Phi) is 4.05. The number of ether oxygens (including phenoxy) is 1. The molecule has 3 atom stereocenters. The fraction of sp³-hybridized carbons (Fsp3) is 0.500. The van der Waals surface area contributed by atoms with E-state index in [1.165, 1.54) is 0 Å². The third kappa shape index (κ3) is 2.73. The number of fused-ring (bicyclic) bond motifs is 1. The van der Waals surface area contributed by atoms with E-state index in [1.54, 1.807) is 24.3 Å². The Labute approximate surface area is 146 Å². The predicted octanol–water partition coefficient (Wildman–Crippen LogP) is 1.41. The van der Waals surface area contributed by atoms with Gasteiger partial charge in [0.05, 0.1) is 17.7 Å². The molecule has 0 unspecified atom stereocenters. The number of rotatable bonds is 3. The number of likely N-dealkylation sites (tertiary alicyclic amines) is 1. The highest BCUT2D eigenvalue weighted by molar-refractivity contribution is 5.95. The number of carbonyl (C=O) groups excluding carboxylic acids is 1. The SMILES string of the molecule is CO[C@@]12CC[C@H](O)C[C@@H]1N(C(=O)c1cccc(-n3cnnc3)c1)CC2. The Balaban J connectivity index is 1.62. The zero-order valence-corrected chi connectivity index (χ0v) is 14.2. The van der Waals surface area contributed by atoms with Crippen LogP contribution in [0, 0.1) is 0 Å². The van der Waals surface area contributed by atoms with Gasteiger partial charge in [0.2, 0.25) is 0 Å². The summed E-state index contributed by atoms with van der Waals surface area (Å²) in [6.45, 7) is 0.654. The van der Waals surface area contributed by atoms with Crippen molar-refractivity contribution in [2.45, 2.75) is 43.4 Å². The van der Waals surface area contributed by atoms with Crippen LogP contribution in [-0.2, 0) is 4.74 Å². The molecule has 2 fully saturated rings. The van der Waals surface area contributed by atoms with Crippen LogP contribution in [0.15, 0.2) is 36.9 Å². The second kappa shape index (κ2) is 6.24. The van der Waals surface area contributed by atoms with Gasteiger partial charge in [0.1, 0.15) is 12.7 Å². The van der Waals surface area contributed by atoms with Crippen LogP contribution in [0.5, 0.6) is 0 Å². The van der Waals surface area contributed by atoms with E-state index < -0.39 is 0 Å². The van der Waals surface area contributed by atoms with Gasteiger partial charge in [-0.15, -0.1) is 10.2 Å². The van der Waals surface area contributed by atoms with Gasteiger partial charge in [-0.1, -0.05) is 6.07 Å². The molecule has 0 spiro atoms. The van der Waals surface area contributed by atoms with Gasteiger partial charge < -0.3 is 14.7 Å². The third-order valence-electron chi connectivity index (χ3n) is 5.63. The zero-order valence-electron chi connectivity index (χ0n) is 14.2. The van der Waals surface area contributed by atoms with Gasteiger partial charge in [0.25, 0.3) is 5.91 Å². The quantitative estimate of drug-likeness (QED) is 0.912. The number of aromatic nitrogens is 3. The summed E-state index contributed by atoms with van der Waals surface area (Å²) in [5.41, 5.74) is 1.15. The predicted molar refractivity (Wildman–Crippen MR) is 90.4 cm³/mol. The van der Waals surface area contributed by atoms with E-state index in [0.717, 1.165) is 24.9 Å². The van der Waals surface area contributed by atoms with Crippen LogP contribution < -0.4 is 0 Å². The van der Waals surface area contributed by atoms with Crippen LogP contribution in [0.4, 0.5) is 0 Å². The van der Waals surface area contributed by atoms with E-state index >= 15 is 0 Å². The molecule has 1 aliphatic heterocycles. The summed E-state index contributed by atoms with van der Waals surface area (Å²) in [6, 6.07) is 7.36. The Hall–Kier alpha value is -2.25. The molecule has 1 N–H and O–H groups in total. The minimum Gasteiger partial charge on any atom is -0.393 e. The average Bonchev–Trinajstić information content (AvgIpc) is 3.29. The second-order valence-electron chi connectivity index (χ2n) is 6.88. The Morgan fingerprint density at radius 2 is 2.12 bits per heavy atom. The summed E-state index contributed by atoms with van der Waals surface area (Å²) < 4.78 is 7.59. The standard InChI is InChI=1S/C18H22N4O3/c1-25-18-6-5-15(23)10-16(18)22(8-7-18)17(24)13-3-2-4-14(9-13)21-11-19-20-12-21/h2-4,9,11-12,15-16,23H,5-8,10H2,1H3/t15-,16-,18+/m0/s1. The lowest BCUT2D eigenvalue weighted by Crippen LogP contribution is -2.52. The minimum atomic E-state index is -0.370. The molecule has 1 aromatic carbocycles. The third-order valence-corrected chi connectivity index (χ3v) is 5.63. The molecule has 2 aromatic rings. The van der Waals surface area contributed by atoms with Gasteiger partial charge in [-0.3, -0.25) is 9.36 Å². The molecule has 1 saturated carbocycles. The van der Waals surface area contributed by atoms with Gasteiger partial charge in [-0.2, -0.15) is 0 Å². The normalized spacial score (nSPS) is 28.8. The lowest BCUT2D eigenvalue weighted by molar-refractivity contribution is -0.0824. The van der Waals surface area contributed by atoms with Crippen LogP contribution in [0.25, 0.3) is 5.69 Å². The molecule has 1 aliphatic carbocycles. The fourth-order valence-corrected chi connectivity index (χ4v) is 4.22. The maximum absolute atomic E-state index is 13.1. The van der Waals surface area contributed by atoms with Gasteiger partial charge in [0, 0.05) is 24.9 Å². The van der Waals surface area contributed by atoms with Crippen molar-refractivity contribution in [3.63, 3.8) is 0 Å². The molecule has 0 bridgehead atoms. The number of amides is 1. The van der Waals surface area contributed by atoms with Crippen molar-refractivity contribution >= 4 is 5.91 Å². The summed E-state index contributed by atoms with van der Waals surface area (Å²) in [5, 5.41) is 17.7. The van der Waals surface area contributed by atoms with Crippen molar-refractivity contribution in [2.24, 2.45) is 0 Å². The molecule has 1 saturated heterocycles. The number of aliphatic hydroxyl groups is 1. The maximum atomic E-state index is 13.1. The molecule has 2 heterocycles. The molecular formula is C18H22N4O3. The van der Waals surface area contributed by atoms with Crippen molar-refractivity contribution in [3.8, 4) is 5.69 Å². The van der Waals surface area contributed by atoms with Crippen LogP contribution in [0.3, 0.4) is 0 Å². The molecule has 0 radical (unpaired) electrons. The molecule has 132 valence electrons. The van der Waals surface area contributed by atoms with Crippen LogP contribution in [0.2, 0.25) is 0 Å². The first-order valence-electron chi connectivity index (χ1n) is 8.62. The molecule has 1 aromatic heterocycles. The van der Waals surface area contributed by atoms with Crippen molar-refractivity contribution < 1.29 is 14.6 Å². The molecule has 7 heteroatoms. The molecular weight excluding hydrogens is 320 g/mol. The summed E-state index contributed by atoms with van der Waals surface area (Å²) in [6.07, 6.45) is 5.75. The fourth-order valence-electron chi connectivity index (χ4n) is 4.22. The molecule has 1 amide bonds. The number of hydrogen-bond donors (Lipinski definition) is 1. The highest BCUT2D eigenvalue weighted by atomic mass is 16.5. The number of benzene rings is 1. The topological polar surface area (TPSA) is 80.5 Å². The first-order valence-corrected chi connectivity index (χ1v) is 8.62. The van der Waals surface area contributed by atoms with Crippen molar-refractivity contribution in [1.82, 2.24) is 19.7 Å². The smallest absolute Gasteiger partial charge is 0.254 e. The first-order chi connectivity index (χ1) is 12.1. The monoisotopic (exact) mass is 342 g/mol. The lowest BCUT2D eigenvalue weighted by Gasteiger charge is -2.42. The summed E-state index contributed by atoms with van der Waals surface area (Å²) >= 11 is 0. The average molecular weight is 342 g/mol. The Bertz CT molecular complexity index is 763. The number of nitrogens with zero attached hydrogens (tertiary/aromatic N) is 4. The number of aliphatic hydroxyl groups excluding tert-OH is 1. The van der Waals surface area contributed by atoms with E-state index in [9.17, 15) is 9.90 Å². The van der Waals surface area contributed by atoms with E-state index in [2.05, 4.69) is 10.2 Å². The van der Waals surface area contributed by atoms with Crippen LogP contribution in [-0.4, -0.2) is 62.1 Å². The van der Waals surface area contributed by atoms with Crippen molar-refractivity contribution in [1.29, 1.82) is 0 Å². The van der Waals surface area contributed by atoms with E-state index in [-0.39, 0.29) is 23.7 Å². The molecule has 7 nitrogen and oxygen atoms in total. The highest BCUT2D eigenvalue weighted by Gasteiger charge is 2.52. The Morgan fingerprint density at radius 1 is 1.32 bits per heavy atom. The minimum absolute atomic E-state index is 0.0204. The van der Waals surface area contributed by atoms with Gasteiger partial charge in [-0.05, 0) is 43.9 Å². The van der Waals surface area contributed by atoms with Crippen molar-refractivity contribution in [2.75, 3.05) is 13.7 Å². The van der Waals surface area contributed by atoms with E-state index in [0.29, 0.717) is 18.5 Å². The maximum Gasteiger partial charge on any atom is 0.254 e. The number of carbonyl (C=O) groups is 1. The summed E-state index contributed by atoms with van der Waals surface area (Å²) in [5.74, 6) is -0.0204. The van der Waals surface area contributed by atoms with Gasteiger partial charge >= 0.3 is 0 Å². The van der Waals surface area contributed by atoms with Gasteiger partial charge in [-0.25, -0.2) is 0 Å². The Morgan fingerprint density at radius 3 is 2.88 bits per heavy atom. The zero-order chi connectivity index (χ0) is 17.4. The highest BCUT2D eigenvalue weighted by Crippen LogP contribution is 2.42. The summed E-state index contributed by atoms with van der Waals surface area (Å²) in [7, 11) is 1.71. The second-order valence-corrected chi connectivity index (χ2v) is 6.88. The van der Waals surface area contributed by atoms with E-state index in [4.69, 9.17) is 4.74 Å². The first kappa shape index (κ1) is 16.2. The largest absolute Gasteiger partial charge is 0.393 e. The lowest BCUT2D eigenvalue weighted by atomic mass is 9.79. The molecule has 2 aliphatic rings. The van der Waals surface area contributed by atoms with E-state index in [1.807, 2.05) is 29.2 Å². The number of methoxy groups -OCH3 is 1. The molecule has 25 heavy (non-hydrogen) atoms. The van der Waals surface area contributed by atoms with Crippen LogP contribution >= 0.6 is 0 Å². The molecule has 4 rings (SSSR count). The van der Waals surface area contributed by atoms with Crippen LogP contribution in [0.1, 0.15) is 36.0 Å². The number of hydrogen-bond acceptors (Lipinski definition) is 5.